The molecule has 1 rings (SSSR count). The van der Waals surface area contributed by atoms with Crippen LogP contribution in [0.1, 0.15) is 0 Å². The zero-order valence-electron chi connectivity index (χ0n) is 9.85. The third kappa shape index (κ3) is 8.93. The van der Waals surface area contributed by atoms with E-state index >= 15 is 0 Å². The molecule has 0 saturated carbocycles. The van der Waals surface area contributed by atoms with Crippen molar-refractivity contribution in [2.75, 3.05) is 6.61 Å². The number of ether oxygens (including phenoxy) is 1. The van der Waals surface area contributed by atoms with Gasteiger partial charge >= 0.3 is 59.1 Å². The van der Waals surface area contributed by atoms with Gasteiger partial charge in [-0.05, 0) is 0 Å². The minimum atomic E-state index is -5.14. The smallest absolute Gasteiger partial charge is 0.790 e. The van der Waals surface area contributed by atoms with E-state index in [1.54, 1.807) is 0 Å². The molecule has 10 nitrogen and oxygen atoms in total. The number of phosphoric acid groups is 1. The molecule has 0 aromatic rings. The molecular weight excluding hydrogens is 297 g/mol. The summed E-state index contributed by atoms with van der Waals surface area (Å²) in [6.07, 6.45) is -5.88. The van der Waals surface area contributed by atoms with Crippen molar-refractivity contribution in [3.05, 3.63) is 0 Å². The molecule has 13 heteroatoms. The Morgan fingerprint density at radius 1 is 1.11 bits per heavy atom. The van der Waals surface area contributed by atoms with Crippen LogP contribution in [0.5, 0.6) is 0 Å². The summed E-state index contributed by atoms with van der Waals surface area (Å²) in [6.45, 7) is -0.737. The van der Waals surface area contributed by atoms with Crippen molar-refractivity contribution in [2.24, 2.45) is 0 Å². The van der Waals surface area contributed by atoms with E-state index in [1.807, 2.05) is 0 Å². The molecule has 18 heavy (non-hydrogen) atoms. The van der Waals surface area contributed by atoms with Crippen LogP contribution in [-0.2, 0) is 13.8 Å². The van der Waals surface area contributed by atoms with E-state index < -0.39 is 39.0 Å². The molecular formula is C5H13Na2O10P. The Morgan fingerprint density at radius 2 is 1.56 bits per heavy atom. The van der Waals surface area contributed by atoms with Crippen LogP contribution in [0.15, 0.2) is 0 Å². The molecule has 1 unspecified atom stereocenters. The summed E-state index contributed by atoms with van der Waals surface area (Å²) in [5.74, 6) is 0. The van der Waals surface area contributed by atoms with Gasteiger partial charge < -0.3 is 49.9 Å². The normalized spacial score (nSPS) is 30.3. The van der Waals surface area contributed by atoms with Crippen LogP contribution >= 0.6 is 7.82 Å². The summed E-state index contributed by atoms with van der Waals surface area (Å²) in [6, 6.07) is 0. The predicted molar refractivity (Wildman–Crippen MR) is 43.7 cm³/mol. The zero-order valence-corrected chi connectivity index (χ0v) is 14.7. The van der Waals surface area contributed by atoms with Crippen molar-refractivity contribution in [3.63, 3.8) is 0 Å². The molecule has 0 aliphatic carbocycles. The average Bonchev–Trinajstić information content (AvgIpc) is 2.28. The van der Waals surface area contributed by atoms with Gasteiger partial charge in [0.25, 0.3) is 0 Å². The molecule has 1 heterocycles. The number of hydrogen-bond donors (Lipinski definition) is 3. The second-order valence-electron chi connectivity index (χ2n) is 2.79. The molecule has 0 aromatic carbocycles. The summed E-state index contributed by atoms with van der Waals surface area (Å²) >= 11 is 0. The zero-order chi connectivity index (χ0) is 10.9. The Kier molecular flexibility index (Phi) is 18.0. The molecule has 0 bridgehead atoms. The van der Waals surface area contributed by atoms with Gasteiger partial charge in [-0.25, -0.2) is 0 Å². The molecule has 1 saturated heterocycles. The molecule has 0 spiro atoms. The summed E-state index contributed by atoms with van der Waals surface area (Å²) < 4.78 is 18.4. The third-order valence-corrected chi connectivity index (χ3v) is 2.20. The van der Waals surface area contributed by atoms with E-state index in [0.29, 0.717) is 0 Å². The van der Waals surface area contributed by atoms with Gasteiger partial charge in [-0.3, -0.25) is 0 Å². The van der Waals surface area contributed by atoms with Crippen molar-refractivity contribution in [3.8, 4) is 0 Å². The Hall–Kier alpha value is 1.87. The monoisotopic (exact) mass is 310 g/mol. The third-order valence-electron chi connectivity index (χ3n) is 1.73. The van der Waals surface area contributed by atoms with Gasteiger partial charge in [0.05, 0.1) is 14.4 Å². The van der Waals surface area contributed by atoms with E-state index in [9.17, 15) is 14.4 Å². The van der Waals surface area contributed by atoms with Crippen molar-refractivity contribution in [2.45, 2.75) is 24.6 Å². The van der Waals surface area contributed by atoms with Crippen LogP contribution in [0.25, 0.3) is 0 Å². The standard InChI is InChI=1S/C5H11O8P.2Na.2H2O/c6-3-2(1-12-14(9,10)11)13-5(8)4(3)7;;;;/h2-8H,1H2,(H2,9,10,11);;;2*1H2/q;2*+1;;/p-2/t2-,3-,4-,5?;;;;/m1..../s1. The van der Waals surface area contributed by atoms with Crippen LogP contribution < -0.4 is 68.9 Å². The Morgan fingerprint density at radius 3 is 1.83 bits per heavy atom. The maximum absolute atomic E-state index is 10.0. The van der Waals surface area contributed by atoms with Crippen LogP contribution in [0.3, 0.4) is 0 Å². The predicted octanol–water partition coefficient (Wildman–Crippen LogP) is -11.4. The number of hydrogen-bond acceptors (Lipinski definition) is 8. The first kappa shape index (κ1) is 28.1. The van der Waals surface area contributed by atoms with Crippen molar-refractivity contribution >= 4 is 7.82 Å². The summed E-state index contributed by atoms with van der Waals surface area (Å²) in [5.41, 5.74) is 0. The minimum Gasteiger partial charge on any atom is -0.790 e. The van der Waals surface area contributed by atoms with Crippen LogP contribution in [0, 0.1) is 0 Å². The summed E-state index contributed by atoms with van der Waals surface area (Å²) in [7, 11) is -5.14. The summed E-state index contributed by atoms with van der Waals surface area (Å²) in [5, 5.41) is 26.9. The van der Waals surface area contributed by atoms with Crippen LogP contribution in [-0.4, -0.2) is 57.5 Å². The quantitative estimate of drug-likeness (QED) is 0.336. The van der Waals surface area contributed by atoms with E-state index in [2.05, 4.69) is 9.26 Å². The van der Waals surface area contributed by atoms with E-state index in [1.165, 1.54) is 0 Å². The van der Waals surface area contributed by atoms with Gasteiger partial charge in [-0.15, -0.1) is 0 Å². The van der Waals surface area contributed by atoms with Gasteiger partial charge in [0.15, 0.2) is 6.29 Å². The van der Waals surface area contributed by atoms with Gasteiger partial charge in [0.1, 0.15) is 18.3 Å². The Balaban J connectivity index is -0.000000245. The molecule has 1 aliphatic heterocycles. The van der Waals surface area contributed by atoms with Gasteiger partial charge in [-0.2, -0.15) is 0 Å². The van der Waals surface area contributed by atoms with Gasteiger partial charge in [-0.1, -0.05) is 0 Å². The van der Waals surface area contributed by atoms with E-state index in [0.717, 1.165) is 0 Å². The van der Waals surface area contributed by atoms with E-state index in [-0.39, 0.29) is 70.1 Å². The number of aliphatic hydroxyl groups is 3. The van der Waals surface area contributed by atoms with Crippen molar-refractivity contribution < 1.29 is 109 Å². The minimum absolute atomic E-state index is 0. The van der Waals surface area contributed by atoms with Crippen LogP contribution in [0.4, 0.5) is 0 Å². The molecule has 0 amide bonds. The molecule has 0 aromatic heterocycles. The Bertz CT molecular complexity index is 248. The molecule has 1 fully saturated rings. The fourth-order valence-corrected chi connectivity index (χ4v) is 1.36. The molecule has 1 aliphatic rings. The van der Waals surface area contributed by atoms with E-state index in [4.69, 9.17) is 15.3 Å². The van der Waals surface area contributed by atoms with Crippen LogP contribution in [0.2, 0.25) is 0 Å². The molecule has 4 atom stereocenters. The SMILES string of the molecule is O.O.O=P([O-])([O-])OC[C@H]1OC(O)[C@H](O)[C@@H]1O.[Na+].[Na+]. The Labute approximate surface area is 147 Å². The fourth-order valence-electron chi connectivity index (χ4n) is 1.03. The topological polar surface area (TPSA) is 205 Å². The van der Waals surface area contributed by atoms with Crippen molar-refractivity contribution in [1.82, 2.24) is 0 Å². The second kappa shape index (κ2) is 11.5. The molecule has 100 valence electrons. The van der Waals surface area contributed by atoms with Gasteiger partial charge in [0.2, 0.25) is 0 Å². The summed E-state index contributed by atoms with van der Waals surface area (Å²) in [4.78, 5) is 20.1. The van der Waals surface area contributed by atoms with Crippen molar-refractivity contribution in [1.29, 1.82) is 0 Å². The first-order chi connectivity index (χ1) is 6.31. The first-order valence-corrected chi connectivity index (χ1v) is 5.13. The first-order valence-electron chi connectivity index (χ1n) is 3.67. The number of aliphatic hydroxyl groups excluding tert-OH is 3. The average molecular weight is 310 g/mol. The largest absolute Gasteiger partial charge is 1.00 e. The fraction of sp³-hybridized carbons (Fsp3) is 1.00. The molecule has 0 radical (unpaired) electrons. The van der Waals surface area contributed by atoms with Gasteiger partial charge in [0, 0.05) is 0 Å². The number of rotatable bonds is 3. The maximum Gasteiger partial charge on any atom is 1.00 e. The maximum atomic E-state index is 10.0. The number of phosphoric ester groups is 1. The molecule has 7 N–H and O–H groups in total. The second-order valence-corrected chi connectivity index (χ2v) is 3.94.